The Morgan fingerprint density at radius 2 is 0.803 bits per heavy atom. The second-order valence-corrected chi connectivity index (χ2v) is 21.8. The van der Waals surface area contributed by atoms with Gasteiger partial charge in [0.15, 0.2) is 6.10 Å². The summed E-state index contributed by atoms with van der Waals surface area (Å²) in [7, 11) is 1.47. The van der Waals surface area contributed by atoms with E-state index in [9.17, 15) is 19.0 Å². The first-order valence-corrected chi connectivity index (χ1v) is 30.3. The van der Waals surface area contributed by atoms with Gasteiger partial charge in [-0.25, -0.2) is 4.57 Å². The van der Waals surface area contributed by atoms with Crippen LogP contribution in [0.4, 0.5) is 0 Å². The molecule has 0 aromatic carbocycles. The van der Waals surface area contributed by atoms with E-state index in [2.05, 4.69) is 98.9 Å². The summed E-state index contributed by atoms with van der Waals surface area (Å²) < 4.78 is 34.5. The first-order valence-electron chi connectivity index (χ1n) is 28.8. The maximum absolute atomic E-state index is 12.8. The Morgan fingerprint density at radius 3 is 1.20 bits per heavy atom. The van der Waals surface area contributed by atoms with Crippen molar-refractivity contribution in [3.8, 4) is 0 Å². The lowest BCUT2D eigenvalue weighted by molar-refractivity contribution is -0.870. The third-order valence-corrected chi connectivity index (χ3v) is 13.2. The number of ether oxygens (including phenoxy) is 2. The van der Waals surface area contributed by atoms with Crippen molar-refractivity contribution in [2.45, 2.75) is 245 Å². The lowest BCUT2D eigenvalue weighted by Crippen LogP contribution is -2.37. The Bertz CT molecular complexity index is 1470. The topological polar surface area (TPSA) is 108 Å². The molecule has 0 aromatic heterocycles. The van der Waals surface area contributed by atoms with Crippen molar-refractivity contribution in [1.29, 1.82) is 0 Å². The molecule has 0 rings (SSSR count). The van der Waals surface area contributed by atoms with E-state index in [1.165, 1.54) is 116 Å². The third kappa shape index (κ3) is 56.3. The van der Waals surface area contributed by atoms with E-state index in [1.807, 2.05) is 21.1 Å². The molecule has 0 fully saturated rings. The van der Waals surface area contributed by atoms with Gasteiger partial charge in [-0.15, -0.1) is 0 Å². The molecule has 0 saturated carbocycles. The van der Waals surface area contributed by atoms with Crippen LogP contribution in [-0.4, -0.2) is 74.9 Å². The van der Waals surface area contributed by atoms with Gasteiger partial charge in [-0.3, -0.25) is 18.6 Å². The van der Waals surface area contributed by atoms with Crippen molar-refractivity contribution in [2.75, 3.05) is 47.5 Å². The smallest absolute Gasteiger partial charge is 0.462 e. The molecule has 0 bridgehead atoms. The second kappa shape index (κ2) is 52.1. The summed E-state index contributed by atoms with van der Waals surface area (Å²) in [6, 6.07) is 0. The van der Waals surface area contributed by atoms with Crippen molar-refractivity contribution < 1.29 is 42.1 Å². The van der Waals surface area contributed by atoms with Crippen LogP contribution in [0.1, 0.15) is 239 Å². The number of rotatable bonds is 52. The fraction of sp³-hybridized carbons (Fsp3) is 0.738. The van der Waals surface area contributed by atoms with Gasteiger partial charge < -0.3 is 18.9 Å². The first kappa shape index (κ1) is 68.2. The average molecular weight is 1020 g/mol. The lowest BCUT2D eigenvalue weighted by atomic mass is 10.0. The fourth-order valence-corrected chi connectivity index (χ4v) is 8.50. The summed E-state index contributed by atoms with van der Waals surface area (Å²) in [5.74, 6) is -0.801. The molecular formula is C61H109NO8P+. The van der Waals surface area contributed by atoms with Crippen molar-refractivity contribution >= 4 is 19.8 Å². The van der Waals surface area contributed by atoms with Crippen LogP contribution in [-0.2, 0) is 32.7 Å². The summed E-state index contributed by atoms with van der Waals surface area (Å²) >= 11 is 0. The van der Waals surface area contributed by atoms with Gasteiger partial charge in [-0.1, -0.05) is 240 Å². The normalized spacial score (nSPS) is 13.9. The van der Waals surface area contributed by atoms with E-state index in [-0.39, 0.29) is 32.0 Å². The monoisotopic (exact) mass is 1010 g/mol. The average Bonchev–Trinajstić information content (AvgIpc) is 3.33. The zero-order valence-corrected chi connectivity index (χ0v) is 47.3. The highest BCUT2D eigenvalue weighted by Crippen LogP contribution is 2.43. The van der Waals surface area contributed by atoms with Crippen molar-refractivity contribution in [3.63, 3.8) is 0 Å². The van der Waals surface area contributed by atoms with E-state index < -0.39 is 26.5 Å². The number of quaternary nitrogens is 1. The number of carbonyl (C=O) groups is 2. The predicted molar refractivity (Wildman–Crippen MR) is 302 cm³/mol. The van der Waals surface area contributed by atoms with Crippen LogP contribution in [0.2, 0.25) is 0 Å². The van der Waals surface area contributed by atoms with Gasteiger partial charge in [-0.2, -0.15) is 0 Å². The zero-order chi connectivity index (χ0) is 52.0. The van der Waals surface area contributed by atoms with Gasteiger partial charge in [-0.05, 0) is 70.6 Å². The first-order chi connectivity index (χ1) is 34.5. The quantitative estimate of drug-likeness (QED) is 0.0211. The molecule has 0 aliphatic heterocycles. The molecule has 0 aliphatic rings. The Hall–Kier alpha value is -2.81. The molecular weight excluding hydrogens is 906 g/mol. The number of phosphoric acid groups is 1. The van der Waals surface area contributed by atoms with Crippen LogP contribution < -0.4 is 0 Å². The summed E-state index contributed by atoms with van der Waals surface area (Å²) in [6.45, 7) is 4.32. The number of esters is 2. The summed E-state index contributed by atoms with van der Waals surface area (Å²) in [4.78, 5) is 35.6. The van der Waals surface area contributed by atoms with E-state index in [0.29, 0.717) is 17.4 Å². The molecule has 1 N–H and O–H groups in total. The number of unbranched alkanes of at least 4 members (excludes halogenated alkanes) is 24. The zero-order valence-electron chi connectivity index (χ0n) is 46.4. The number of carbonyl (C=O) groups excluding carboxylic acids is 2. The van der Waals surface area contributed by atoms with Gasteiger partial charge >= 0.3 is 19.8 Å². The summed E-state index contributed by atoms with van der Waals surface area (Å²) in [6.07, 6.45) is 69.3. The standard InChI is InChI=1S/C61H108NO8P/c1-6-8-10-12-14-16-18-20-22-24-25-26-27-28-29-30-31-32-33-34-35-36-37-38-40-42-44-46-48-50-52-54-61(64)70-59(58-69-71(65,66)68-56-55-62(3,4)5)57-67-60(63)53-51-49-47-45-43-41-39-23-21-19-17-15-13-11-9-7-2/h8,10,14,16,20,22,25-26,28-29,31-32,34-35,59H,6-7,9,11-13,15,17-19,21,23-24,27,30,33,36-58H2,1-5H3/p+1/b10-8-,16-14-,22-20-,26-25-,29-28-,32-31-,35-34-. The van der Waals surface area contributed by atoms with Crippen LogP contribution >= 0.6 is 7.82 Å². The van der Waals surface area contributed by atoms with Crippen molar-refractivity contribution in [2.24, 2.45) is 0 Å². The number of allylic oxidation sites excluding steroid dienone is 14. The van der Waals surface area contributed by atoms with E-state index >= 15 is 0 Å². The minimum Gasteiger partial charge on any atom is -0.462 e. The molecule has 0 radical (unpaired) electrons. The lowest BCUT2D eigenvalue weighted by Gasteiger charge is -2.24. The minimum atomic E-state index is -4.39. The maximum atomic E-state index is 12.8. The second-order valence-electron chi connectivity index (χ2n) is 20.3. The van der Waals surface area contributed by atoms with Crippen molar-refractivity contribution in [3.05, 3.63) is 85.1 Å². The predicted octanol–water partition coefficient (Wildman–Crippen LogP) is 17.9. The molecule has 71 heavy (non-hydrogen) atoms. The van der Waals surface area contributed by atoms with Crippen LogP contribution in [0.25, 0.3) is 0 Å². The SMILES string of the molecule is CC/C=C\C/C=C\C/C=C\C/C=C\C/C=C\C/C=C\C/C=C\CCCCCCCCCCCC(=O)OC(COC(=O)CCCCCCCCCCCCCCCCCC)COP(=O)(O)OCC[N+](C)(C)C. The number of likely N-dealkylation sites (N-methyl/N-ethyl adjacent to an activating group) is 1. The number of hydrogen-bond donors (Lipinski definition) is 1. The summed E-state index contributed by atoms with van der Waals surface area (Å²) in [5.41, 5.74) is 0. The molecule has 2 atom stereocenters. The van der Waals surface area contributed by atoms with Crippen LogP contribution in [0.15, 0.2) is 85.1 Å². The van der Waals surface area contributed by atoms with Gasteiger partial charge in [0, 0.05) is 12.8 Å². The summed E-state index contributed by atoms with van der Waals surface area (Å²) in [5, 5.41) is 0. The van der Waals surface area contributed by atoms with Crippen molar-refractivity contribution in [1.82, 2.24) is 0 Å². The van der Waals surface area contributed by atoms with Gasteiger partial charge in [0.2, 0.25) is 0 Å². The molecule has 0 heterocycles. The minimum absolute atomic E-state index is 0.0282. The number of phosphoric ester groups is 1. The number of hydrogen-bond acceptors (Lipinski definition) is 7. The Balaban J connectivity index is 4.17. The van der Waals surface area contributed by atoms with Crippen LogP contribution in [0, 0.1) is 0 Å². The van der Waals surface area contributed by atoms with E-state index in [4.69, 9.17) is 18.5 Å². The Labute approximate surface area is 437 Å². The largest absolute Gasteiger partial charge is 0.472 e. The van der Waals surface area contributed by atoms with Gasteiger partial charge in [0.25, 0.3) is 0 Å². The third-order valence-electron chi connectivity index (χ3n) is 12.2. The van der Waals surface area contributed by atoms with E-state index in [0.717, 1.165) is 89.9 Å². The molecule has 9 nitrogen and oxygen atoms in total. The van der Waals surface area contributed by atoms with Crippen LogP contribution in [0.5, 0.6) is 0 Å². The molecule has 0 amide bonds. The number of nitrogens with zero attached hydrogens (tertiary/aromatic N) is 1. The highest BCUT2D eigenvalue weighted by atomic mass is 31.2. The maximum Gasteiger partial charge on any atom is 0.472 e. The molecule has 0 aromatic rings. The Kier molecular flexibility index (Phi) is 50.0. The van der Waals surface area contributed by atoms with Crippen LogP contribution in [0.3, 0.4) is 0 Å². The highest BCUT2D eigenvalue weighted by molar-refractivity contribution is 7.47. The van der Waals surface area contributed by atoms with Gasteiger partial charge in [0.05, 0.1) is 27.7 Å². The Morgan fingerprint density at radius 1 is 0.451 bits per heavy atom. The molecule has 0 aliphatic carbocycles. The molecule has 410 valence electrons. The molecule has 2 unspecified atom stereocenters. The molecule has 0 spiro atoms. The van der Waals surface area contributed by atoms with Gasteiger partial charge in [0.1, 0.15) is 19.8 Å². The van der Waals surface area contributed by atoms with E-state index in [1.54, 1.807) is 0 Å². The highest BCUT2D eigenvalue weighted by Gasteiger charge is 2.27. The molecule has 0 saturated heterocycles. The fourth-order valence-electron chi connectivity index (χ4n) is 7.76. The molecule has 10 heteroatoms.